The number of nitrogens with zero attached hydrogens (tertiary/aromatic N) is 1. The van der Waals surface area contributed by atoms with Crippen molar-refractivity contribution in [3.8, 4) is 10.9 Å². The number of carbonyl (C=O) groups is 1. The summed E-state index contributed by atoms with van der Waals surface area (Å²) in [4.78, 5) is 15.4. The van der Waals surface area contributed by atoms with Crippen LogP contribution in [0.25, 0.3) is 0 Å². The quantitative estimate of drug-likeness (QED) is 0.826. The zero-order chi connectivity index (χ0) is 13.1. The molecular weight excluding hydrogens is 365 g/mol. The predicted molar refractivity (Wildman–Crippen MR) is 77.7 cm³/mol. The number of rotatable bonds is 4. The van der Waals surface area contributed by atoms with E-state index in [0.29, 0.717) is 10.9 Å². The standard InChI is InChI=1S/C12H10INO3S/c1-2-8-6-18-12(14-8)17-10-4-3-7(13)5-9(10)11(15)16/h3-6H,2H2,1H3,(H,15,16). The summed E-state index contributed by atoms with van der Waals surface area (Å²) < 4.78 is 6.38. The number of hydrogen-bond donors (Lipinski definition) is 1. The van der Waals surface area contributed by atoms with Crippen LogP contribution in [-0.2, 0) is 6.42 Å². The molecule has 0 fully saturated rings. The molecule has 1 heterocycles. The molecule has 0 aliphatic carbocycles. The van der Waals surface area contributed by atoms with Crippen molar-refractivity contribution < 1.29 is 14.6 Å². The molecule has 0 saturated carbocycles. The van der Waals surface area contributed by atoms with Crippen molar-refractivity contribution in [3.05, 3.63) is 38.4 Å². The van der Waals surface area contributed by atoms with Gasteiger partial charge in [-0.05, 0) is 47.2 Å². The number of aromatic carboxylic acids is 1. The number of benzene rings is 1. The fourth-order valence-corrected chi connectivity index (χ4v) is 2.61. The lowest BCUT2D eigenvalue weighted by Crippen LogP contribution is -2.00. The van der Waals surface area contributed by atoms with E-state index in [1.54, 1.807) is 18.2 Å². The SMILES string of the molecule is CCc1csc(Oc2ccc(I)cc2C(=O)O)n1. The molecule has 94 valence electrons. The van der Waals surface area contributed by atoms with Gasteiger partial charge in [-0.15, -0.1) is 0 Å². The Balaban J connectivity index is 2.30. The first-order chi connectivity index (χ1) is 8.60. The molecule has 0 spiro atoms. The van der Waals surface area contributed by atoms with Gasteiger partial charge in [-0.1, -0.05) is 18.3 Å². The topological polar surface area (TPSA) is 59.4 Å². The third-order valence-corrected chi connectivity index (χ3v) is 3.70. The molecule has 0 atom stereocenters. The summed E-state index contributed by atoms with van der Waals surface area (Å²) in [6.45, 7) is 2.01. The van der Waals surface area contributed by atoms with Crippen LogP contribution in [-0.4, -0.2) is 16.1 Å². The predicted octanol–water partition coefficient (Wildman–Crippen LogP) is 3.80. The van der Waals surface area contributed by atoms with Crippen molar-refractivity contribution >= 4 is 39.9 Å². The van der Waals surface area contributed by atoms with Gasteiger partial charge >= 0.3 is 5.97 Å². The van der Waals surface area contributed by atoms with E-state index in [1.165, 1.54) is 11.3 Å². The van der Waals surface area contributed by atoms with Crippen LogP contribution in [0.3, 0.4) is 0 Å². The van der Waals surface area contributed by atoms with E-state index in [-0.39, 0.29) is 5.56 Å². The minimum absolute atomic E-state index is 0.148. The van der Waals surface area contributed by atoms with E-state index in [0.717, 1.165) is 15.7 Å². The number of carboxylic acids is 1. The molecule has 0 aliphatic rings. The molecular formula is C12H10INO3S. The van der Waals surface area contributed by atoms with Gasteiger partial charge in [0, 0.05) is 8.95 Å². The number of halogens is 1. The van der Waals surface area contributed by atoms with Crippen molar-refractivity contribution in [2.45, 2.75) is 13.3 Å². The molecule has 0 bridgehead atoms. The van der Waals surface area contributed by atoms with E-state index in [9.17, 15) is 4.79 Å². The van der Waals surface area contributed by atoms with Crippen LogP contribution < -0.4 is 4.74 Å². The normalized spacial score (nSPS) is 10.3. The fourth-order valence-electron chi connectivity index (χ4n) is 1.35. The molecule has 2 aromatic rings. The zero-order valence-electron chi connectivity index (χ0n) is 9.51. The van der Waals surface area contributed by atoms with Crippen LogP contribution in [0.4, 0.5) is 0 Å². The lowest BCUT2D eigenvalue weighted by Gasteiger charge is -2.06. The molecule has 0 radical (unpaired) electrons. The van der Waals surface area contributed by atoms with E-state index in [1.807, 2.05) is 12.3 Å². The second-order valence-electron chi connectivity index (χ2n) is 3.51. The molecule has 6 heteroatoms. The summed E-state index contributed by atoms with van der Waals surface area (Å²) in [5.41, 5.74) is 1.09. The Kier molecular flexibility index (Phi) is 4.18. The van der Waals surface area contributed by atoms with Crippen LogP contribution in [0.15, 0.2) is 23.6 Å². The first kappa shape index (κ1) is 13.3. The Hall–Kier alpha value is -1.15. The monoisotopic (exact) mass is 375 g/mol. The van der Waals surface area contributed by atoms with Gasteiger partial charge in [0.1, 0.15) is 11.3 Å². The molecule has 2 rings (SSSR count). The lowest BCUT2D eigenvalue weighted by molar-refractivity contribution is 0.0694. The van der Waals surface area contributed by atoms with E-state index in [2.05, 4.69) is 27.6 Å². The van der Waals surface area contributed by atoms with Gasteiger partial charge in [0.15, 0.2) is 0 Å². The van der Waals surface area contributed by atoms with Crippen LogP contribution in [0.2, 0.25) is 0 Å². The fraction of sp³-hybridized carbons (Fsp3) is 0.167. The highest BCUT2D eigenvalue weighted by atomic mass is 127. The van der Waals surface area contributed by atoms with Gasteiger partial charge in [-0.25, -0.2) is 9.78 Å². The smallest absolute Gasteiger partial charge is 0.339 e. The van der Waals surface area contributed by atoms with Gasteiger partial charge in [-0.3, -0.25) is 0 Å². The summed E-state index contributed by atoms with van der Waals surface area (Å²) in [6, 6.07) is 5.03. The minimum Gasteiger partial charge on any atom is -0.478 e. The highest BCUT2D eigenvalue weighted by Gasteiger charge is 2.14. The Morgan fingerprint density at radius 2 is 2.33 bits per heavy atom. The average molecular weight is 375 g/mol. The highest BCUT2D eigenvalue weighted by Crippen LogP contribution is 2.29. The molecule has 1 aromatic carbocycles. The second-order valence-corrected chi connectivity index (χ2v) is 5.57. The average Bonchev–Trinajstić information content (AvgIpc) is 2.79. The van der Waals surface area contributed by atoms with E-state index < -0.39 is 5.97 Å². The van der Waals surface area contributed by atoms with Crippen molar-refractivity contribution in [2.24, 2.45) is 0 Å². The van der Waals surface area contributed by atoms with Gasteiger partial charge < -0.3 is 9.84 Å². The third-order valence-electron chi connectivity index (χ3n) is 2.26. The number of carboxylic acid groups (broad SMARTS) is 1. The van der Waals surface area contributed by atoms with Crippen LogP contribution in [0, 0.1) is 3.57 Å². The van der Waals surface area contributed by atoms with Crippen LogP contribution in [0.5, 0.6) is 10.9 Å². The zero-order valence-corrected chi connectivity index (χ0v) is 12.5. The number of aryl methyl sites for hydroxylation is 1. The molecule has 1 aromatic heterocycles. The number of aromatic nitrogens is 1. The Morgan fingerprint density at radius 1 is 1.56 bits per heavy atom. The molecule has 18 heavy (non-hydrogen) atoms. The molecule has 0 amide bonds. The number of ether oxygens (including phenoxy) is 1. The Bertz CT molecular complexity index is 582. The van der Waals surface area contributed by atoms with E-state index in [4.69, 9.17) is 9.84 Å². The lowest BCUT2D eigenvalue weighted by atomic mass is 10.2. The van der Waals surface area contributed by atoms with Crippen molar-refractivity contribution in [1.82, 2.24) is 4.98 Å². The summed E-state index contributed by atoms with van der Waals surface area (Å²) in [7, 11) is 0. The maximum atomic E-state index is 11.1. The van der Waals surface area contributed by atoms with Crippen molar-refractivity contribution in [2.75, 3.05) is 0 Å². The summed E-state index contributed by atoms with van der Waals surface area (Å²) in [6.07, 6.45) is 0.832. The Labute approximate surface area is 122 Å². The summed E-state index contributed by atoms with van der Waals surface area (Å²) in [5, 5.41) is 11.5. The van der Waals surface area contributed by atoms with Gasteiger partial charge in [0.25, 0.3) is 5.19 Å². The molecule has 1 N–H and O–H groups in total. The molecule has 0 aliphatic heterocycles. The maximum absolute atomic E-state index is 11.1. The highest BCUT2D eigenvalue weighted by molar-refractivity contribution is 14.1. The first-order valence-corrected chi connectivity index (χ1v) is 7.21. The van der Waals surface area contributed by atoms with Crippen molar-refractivity contribution in [1.29, 1.82) is 0 Å². The number of hydrogen-bond acceptors (Lipinski definition) is 4. The summed E-state index contributed by atoms with van der Waals surface area (Å²) in [5.74, 6) is -0.685. The van der Waals surface area contributed by atoms with Crippen LogP contribution in [0.1, 0.15) is 23.0 Å². The van der Waals surface area contributed by atoms with Crippen LogP contribution >= 0.6 is 33.9 Å². The summed E-state index contributed by atoms with van der Waals surface area (Å²) >= 11 is 3.43. The minimum atomic E-state index is -1.00. The molecule has 0 saturated heterocycles. The Morgan fingerprint density at radius 3 is 2.94 bits per heavy atom. The third kappa shape index (κ3) is 2.99. The van der Waals surface area contributed by atoms with Gasteiger partial charge in [0.05, 0.1) is 5.69 Å². The van der Waals surface area contributed by atoms with Gasteiger partial charge in [-0.2, -0.15) is 0 Å². The largest absolute Gasteiger partial charge is 0.478 e. The van der Waals surface area contributed by atoms with Gasteiger partial charge in [0.2, 0.25) is 0 Å². The first-order valence-electron chi connectivity index (χ1n) is 5.25. The molecule has 4 nitrogen and oxygen atoms in total. The maximum Gasteiger partial charge on any atom is 0.339 e. The second kappa shape index (κ2) is 5.66. The van der Waals surface area contributed by atoms with E-state index >= 15 is 0 Å². The number of thiazole rings is 1. The van der Waals surface area contributed by atoms with Crippen molar-refractivity contribution in [3.63, 3.8) is 0 Å². The molecule has 0 unspecified atom stereocenters.